The number of aromatic nitrogens is 3. The maximum Gasteiger partial charge on any atom is 0.195 e. The first kappa shape index (κ1) is 9.90. The molecule has 1 fully saturated rings. The maximum atomic E-state index is 5.19. The first-order valence-electron chi connectivity index (χ1n) is 5.42. The van der Waals surface area contributed by atoms with E-state index in [4.69, 9.17) is 12.2 Å². The molecule has 0 spiro atoms. The number of nitrogens with zero attached hydrogens (tertiary/aromatic N) is 2. The Morgan fingerprint density at radius 1 is 1.64 bits per heavy atom. The molecule has 0 radical (unpaired) electrons. The van der Waals surface area contributed by atoms with Crippen LogP contribution in [0.25, 0.3) is 0 Å². The normalized spacial score (nSPS) is 27.8. The second-order valence-electron chi connectivity index (χ2n) is 4.16. The van der Waals surface area contributed by atoms with Crippen molar-refractivity contribution < 1.29 is 0 Å². The van der Waals surface area contributed by atoms with Gasteiger partial charge in [-0.05, 0) is 31.0 Å². The fourth-order valence-corrected chi connectivity index (χ4v) is 2.65. The highest BCUT2D eigenvalue weighted by Gasteiger charge is 2.22. The van der Waals surface area contributed by atoms with Gasteiger partial charge in [-0.3, -0.25) is 5.10 Å². The number of H-pyrrole nitrogens is 1. The topological polar surface area (TPSA) is 33.6 Å². The molecule has 2 rings (SSSR count). The average Bonchev–Trinajstić information content (AvgIpc) is 2.65. The second-order valence-corrected chi connectivity index (χ2v) is 4.55. The van der Waals surface area contributed by atoms with Crippen molar-refractivity contribution in [2.75, 3.05) is 0 Å². The average molecular weight is 211 g/mol. The van der Waals surface area contributed by atoms with Crippen molar-refractivity contribution in [2.45, 2.75) is 45.1 Å². The van der Waals surface area contributed by atoms with Gasteiger partial charge in [-0.2, -0.15) is 5.10 Å². The molecule has 1 aliphatic carbocycles. The molecule has 78 valence electrons. The van der Waals surface area contributed by atoms with Gasteiger partial charge >= 0.3 is 0 Å². The van der Waals surface area contributed by atoms with Crippen molar-refractivity contribution in [2.24, 2.45) is 5.92 Å². The highest BCUT2D eigenvalue weighted by atomic mass is 32.1. The Kier molecular flexibility index (Phi) is 3.01. The first-order valence-corrected chi connectivity index (χ1v) is 5.83. The van der Waals surface area contributed by atoms with Crippen molar-refractivity contribution in [1.82, 2.24) is 14.8 Å². The largest absolute Gasteiger partial charge is 0.304 e. The summed E-state index contributed by atoms with van der Waals surface area (Å²) in [6.07, 6.45) is 8.37. The molecule has 1 N–H and O–H groups in total. The quantitative estimate of drug-likeness (QED) is 0.763. The molecule has 1 saturated carbocycles. The van der Waals surface area contributed by atoms with Gasteiger partial charge in [-0.1, -0.05) is 26.2 Å². The van der Waals surface area contributed by atoms with E-state index in [2.05, 4.69) is 21.7 Å². The van der Waals surface area contributed by atoms with Gasteiger partial charge in [0.15, 0.2) is 4.77 Å². The van der Waals surface area contributed by atoms with Crippen molar-refractivity contribution >= 4 is 12.2 Å². The van der Waals surface area contributed by atoms with Crippen LogP contribution in [0.2, 0.25) is 0 Å². The fraction of sp³-hybridized carbons (Fsp3) is 0.800. The molecule has 3 nitrogen and oxygen atoms in total. The number of aromatic amines is 1. The monoisotopic (exact) mass is 211 g/mol. The third kappa shape index (κ3) is 1.90. The molecule has 4 heteroatoms. The van der Waals surface area contributed by atoms with Crippen LogP contribution in [0.5, 0.6) is 0 Å². The summed E-state index contributed by atoms with van der Waals surface area (Å²) in [5.41, 5.74) is 0. The van der Waals surface area contributed by atoms with Crippen LogP contribution in [0.15, 0.2) is 6.33 Å². The summed E-state index contributed by atoms with van der Waals surface area (Å²) in [6.45, 7) is 2.28. The van der Waals surface area contributed by atoms with E-state index in [0.29, 0.717) is 6.04 Å². The SMILES string of the molecule is CCC1CCCC(n2cn[nH]c2=S)C1. The minimum atomic E-state index is 0.583. The van der Waals surface area contributed by atoms with Gasteiger partial charge in [0.05, 0.1) is 0 Å². The predicted molar refractivity (Wildman–Crippen MR) is 58.7 cm³/mol. The molecule has 0 saturated heterocycles. The molecule has 0 bridgehead atoms. The van der Waals surface area contributed by atoms with Crippen LogP contribution in [0, 0.1) is 10.7 Å². The van der Waals surface area contributed by atoms with Crippen molar-refractivity contribution in [1.29, 1.82) is 0 Å². The van der Waals surface area contributed by atoms with Crippen LogP contribution in [0.1, 0.15) is 45.1 Å². The molecule has 1 aromatic rings. The lowest BCUT2D eigenvalue weighted by atomic mass is 9.84. The van der Waals surface area contributed by atoms with Crippen molar-refractivity contribution in [3.05, 3.63) is 11.1 Å². The Balaban J connectivity index is 2.12. The fourth-order valence-electron chi connectivity index (χ4n) is 2.40. The van der Waals surface area contributed by atoms with Gasteiger partial charge in [0.1, 0.15) is 6.33 Å². The summed E-state index contributed by atoms with van der Waals surface area (Å²) in [5.74, 6) is 0.880. The summed E-state index contributed by atoms with van der Waals surface area (Å²) >= 11 is 5.19. The summed E-state index contributed by atoms with van der Waals surface area (Å²) in [5, 5.41) is 6.81. The van der Waals surface area contributed by atoms with E-state index in [9.17, 15) is 0 Å². The van der Waals surface area contributed by atoms with Crippen LogP contribution in [-0.2, 0) is 0 Å². The second kappa shape index (κ2) is 4.26. The van der Waals surface area contributed by atoms with Crippen LogP contribution in [0.4, 0.5) is 0 Å². The van der Waals surface area contributed by atoms with E-state index < -0.39 is 0 Å². The third-order valence-electron chi connectivity index (χ3n) is 3.30. The first-order chi connectivity index (χ1) is 6.81. The van der Waals surface area contributed by atoms with Crippen LogP contribution in [0.3, 0.4) is 0 Å². The molecule has 0 amide bonds. The summed E-state index contributed by atoms with van der Waals surface area (Å²) in [7, 11) is 0. The van der Waals surface area contributed by atoms with Crippen LogP contribution < -0.4 is 0 Å². The third-order valence-corrected chi connectivity index (χ3v) is 3.60. The van der Waals surface area contributed by atoms with Crippen LogP contribution in [-0.4, -0.2) is 14.8 Å². The smallest absolute Gasteiger partial charge is 0.195 e. The predicted octanol–water partition coefficient (Wildman–Crippen LogP) is 3.08. The van der Waals surface area contributed by atoms with E-state index >= 15 is 0 Å². The van der Waals surface area contributed by atoms with Gasteiger partial charge in [0, 0.05) is 6.04 Å². The Bertz CT molecular complexity index is 341. The van der Waals surface area contributed by atoms with Gasteiger partial charge in [-0.15, -0.1) is 0 Å². The summed E-state index contributed by atoms with van der Waals surface area (Å²) in [4.78, 5) is 0. The molecule has 0 aromatic carbocycles. The molecule has 14 heavy (non-hydrogen) atoms. The number of nitrogens with one attached hydrogen (secondary N) is 1. The lowest BCUT2D eigenvalue weighted by Gasteiger charge is -2.28. The number of hydrogen-bond donors (Lipinski definition) is 1. The molecule has 2 unspecified atom stereocenters. The van der Waals surface area contributed by atoms with Crippen molar-refractivity contribution in [3.63, 3.8) is 0 Å². The number of rotatable bonds is 2. The minimum Gasteiger partial charge on any atom is -0.304 e. The van der Waals surface area contributed by atoms with E-state index in [1.165, 1.54) is 32.1 Å². The van der Waals surface area contributed by atoms with E-state index in [-0.39, 0.29) is 0 Å². The van der Waals surface area contributed by atoms with Gasteiger partial charge in [-0.25, -0.2) is 0 Å². The summed E-state index contributed by atoms with van der Waals surface area (Å²) < 4.78 is 2.89. The molecule has 1 aliphatic rings. The molecular formula is C10H17N3S. The van der Waals surface area contributed by atoms with Gasteiger partial charge < -0.3 is 4.57 Å². The standard InChI is InChI=1S/C10H17N3S/c1-2-8-4-3-5-9(6-8)13-7-11-12-10(13)14/h7-9H,2-6H2,1H3,(H,12,14). The molecule has 1 aromatic heterocycles. The highest BCUT2D eigenvalue weighted by Crippen LogP contribution is 2.33. The lowest BCUT2D eigenvalue weighted by molar-refractivity contribution is 0.259. The van der Waals surface area contributed by atoms with E-state index in [1.54, 1.807) is 0 Å². The highest BCUT2D eigenvalue weighted by molar-refractivity contribution is 7.71. The zero-order chi connectivity index (χ0) is 9.97. The Labute approximate surface area is 89.5 Å². The number of hydrogen-bond acceptors (Lipinski definition) is 2. The maximum absolute atomic E-state index is 5.19. The van der Waals surface area contributed by atoms with E-state index in [0.717, 1.165) is 10.7 Å². The molecule has 1 heterocycles. The zero-order valence-electron chi connectivity index (χ0n) is 8.57. The Morgan fingerprint density at radius 3 is 3.14 bits per heavy atom. The molecular weight excluding hydrogens is 194 g/mol. The van der Waals surface area contributed by atoms with Gasteiger partial charge in [0.2, 0.25) is 0 Å². The van der Waals surface area contributed by atoms with E-state index in [1.807, 2.05) is 6.33 Å². The Morgan fingerprint density at radius 2 is 2.50 bits per heavy atom. The minimum absolute atomic E-state index is 0.583. The lowest BCUT2D eigenvalue weighted by Crippen LogP contribution is -2.18. The Hall–Kier alpha value is -0.640. The van der Waals surface area contributed by atoms with Gasteiger partial charge in [0.25, 0.3) is 0 Å². The zero-order valence-corrected chi connectivity index (χ0v) is 9.39. The molecule has 2 atom stereocenters. The molecule has 0 aliphatic heterocycles. The van der Waals surface area contributed by atoms with Crippen LogP contribution >= 0.6 is 12.2 Å². The summed E-state index contributed by atoms with van der Waals surface area (Å²) in [6, 6.07) is 0.583. The van der Waals surface area contributed by atoms with Crippen molar-refractivity contribution in [3.8, 4) is 0 Å².